The number of benzene rings is 4. The molecule has 1 atom stereocenters. The molecule has 4 amide bonds. The average molecular weight is 1160 g/mol. The number of nitrogen functional groups attached to an aromatic ring is 1. The fraction of sp³-hybridized carbons (Fsp3) is 0.403. The summed E-state index contributed by atoms with van der Waals surface area (Å²) in [5, 5.41) is 24.2. The third-order valence-corrected chi connectivity index (χ3v) is 15.0. The zero-order valence-corrected chi connectivity index (χ0v) is 47.9. The molecule has 6 aromatic rings. The molecule has 2 aromatic heterocycles. The van der Waals surface area contributed by atoms with Crippen LogP contribution in [-0.4, -0.2) is 188 Å². The van der Waals surface area contributed by atoms with Crippen LogP contribution >= 0.6 is 0 Å². The largest absolute Gasteiger partial charge is 0.457 e. The van der Waals surface area contributed by atoms with Crippen molar-refractivity contribution in [3.63, 3.8) is 0 Å². The lowest BCUT2D eigenvalue weighted by Crippen LogP contribution is -2.48. The summed E-state index contributed by atoms with van der Waals surface area (Å²) < 4.78 is 30.2. The highest BCUT2D eigenvalue weighted by Gasteiger charge is 2.30. The minimum absolute atomic E-state index is 0.00302. The molecular formula is C62H76N14O9. The Morgan fingerprint density at radius 1 is 0.694 bits per heavy atom. The number of aromatic nitrogens is 4. The molecule has 3 aliphatic heterocycles. The maximum Gasteiger partial charge on any atom is 0.246 e. The Hall–Kier alpha value is -8.45. The van der Waals surface area contributed by atoms with E-state index in [1.54, 1.807) is 23.1 Å². The molecule has 0 radical (unpaired) electrons. The van der Waals surface area contributed by atoms with Gasteiger partial charge in [-0.2, -0.15) is 10.2 Å². The van der Waals surface area contributed by atoms with Gasteiger partial charge in [0.2, 0.25) is 23.6 Å². The van der Waals surface area contributed by atoms with Crippen LogP contribution in [-0.2, 0) is 44.7 Å². The number of anilines is 2. The molecule has 5 heterocycles. The quantitative estimate of drug-likeness (QED) is 0.0188. The first kappa shape index (κ1) is 61.1. The summed E-state index contributed by atoms with van der Waals surface area (Å²) in [7, 11) is 0. The smallest absolute Gasteiger partial charge is 0.246 e. The zero-order valence-electron chi connectivity index (χ0n) is 47.9. The highest BCUT2D eigenvalue weighted by atomic mass is 16.6. The minimum atomic E-state index is -0.264. The van der Waals surface area contributed by atoms with Gasteiger partial charge in [-0.25, -0.2) is 14.6 Å². The molecule has 0 bridgehead atoms. The molecule has 3 aliphatic rings. The maximum atomic E-state index is 13.6. The number of nitrogens with zero attached hydrogens (tertiary/aromatic N) is 9. The Balaban J connectivity index is 0.560. The highest BCUT2D eigenvalue weighted by Crippen LogP contribution is 2.35. The van der Waals surface area contributed by atoms with E-state index < -0.39 is 0 Å². The van der Waals surface area contributed by atoms with E-state index in [0.29, 0.717) is 124 Å². The molecular weight excluding hydrogens is 1080 g/mol. The zero-order chi connectivity index (χ0) is 59.2. The number of fused-ring (bicyclic) bond motifs is 3. The summed E-state index contributed by atoms with van der Waals surface area (Å²) in [6.07, 6.45) is 7.04. The number of carbonyl (C=O) groups is 4. The minimum Gasteiger partial charge on any atom is -0.457 e. The number of piperazine rings is 1. The van der Waals surface area contributed by atoms with E-state index >= 15 is 0 Å². The SMILES string of the molecule is N=C1C(=NN)c2ccccc2N(C(=O)CCC(=O)NCCOCCOCCOCCOCCC(=O)NCCN2CCN(C/C=C/C(=O)N3CCC[C@@H](n4nc(-c5ccc(Oc6ccccc6)cc5)c5c(N)ncnc54)C3)CC2)Cc2ccccc21. The molecule has 4 aromatic carbocycles. The fourth-order valence-electron chi connectivity index (χ4n) is 10.5. The number of para-hydroxylation sites is 2. The lowest BCUT2D eigenvalue weighted by molar-refractivity contribution is -0.127. The topological polar surface area (TPSA) is 283 Å². The third-order valence-electron chi connectivity index (χ3n) is 15.0. The van der Waals surface area contributed by atoms with Gasteiger partial charge in [0.25, 0.3) is 0 Å². The Morgan fingerprint density at radius 3 is 2.09 bits per heavy atom. The first-order valence-corrected chi connectivity index (χ1v) is 29.0. The van der Waals surface area contributed by atoms with E-state index in [2.05, 4.69) is 35.5 Å². The molecule has 23 nitrogen and oxygen atoms in total. The van der Waals surface area contributed by atoms with E-state index in [1.165, 1.54) is 6.33 Å². The summed E-state index contributed by atoms with van der Waals surface area (Å²) in [5.74, 6) is 6.98. The van der Waals surface area contributed by atoms with Gasteiger partial charge in [-0.15, -0.1) is 0 Å². The molecule has 2 fully saturated rings. The van der Waals surface area contributed by atoms with Crippen molar-refractivity contribution in [2.45, 2.75) is 44.7 Å². The lowest BCUT2D eigenvalue weighted by atomic mass is 9.92. The van der Waals surface area contributed by atoms with Gasteiger partial charge in [0.1, 0.15) is 35.0 Å². The molecule has 23 heteroatoms. The second-order valence-electron chi connectivity index (χ2n) is 20.7. The van der Waals surface area contributed by atoms with Gasteiger partial charge in [0.05, 0.1) is 82.2 Å². The van der Waals surface area contributed by atoms with Crippen LogP contribution in [0.15, 0.2) is 127 Å². The Kier molecular flexibility index (Phi) is 22.6. The summed E-state index contributed by atoms with van der Waals surface area (Å²) in [4.78, 5) is 69.2. The van der Waals surface area contributed by atoms with Crippen molar-refractivity contribution in [3.05, 3.63) is 138 Å². The number of carbonyl (C=O) groups excluding carboxylic acids is 4. The average Bonchev–Trinajstić information content (AvgIpc) is 2.06. The van der Waals surface area contributed by atoms with Crippen LogP contribution in [0.2, 0.25) is 0 Å². The van der Waals surface area contributed by atoms with Crippen LogP contribution in [0.4, 0.5) is 11.5 Å². The van der Waals surface area contributed by atoms with Gasteiger partial charge < -0.3 is 55.7 Å². The lowest BCUT2D eigenvalue weighted by Gasteiger charge is -2.34. The summed E-state index contributed by atoms with van der Waals surface area (Å²) in [5.41, 5.74) is 11.7. The van der Waals surface area contributed by atoms with E-state index in [4.69, 9.17) is 45.8 Å². The van der Waals surface area contributed by atoms with E-state index in [0.717, 1.165) is 62.4 Å². The number of nitrogens with one attached hydrogen (secondary N) is 3. The predicted molar refractivity (Wildman–Crippen MR) is 323 cm³/mol. The van der Waals surface area contributed by atoms with Crippen molar-refractivity contribution in [2.75, 3.05) is 129 Å². The normalized spacial score (nSPS) is 16.3. The standard InChI is InChI=1S/C62H76N14O9/c63-58-50-14-5-4-10-46(50)42-75(52-16-7-6-15-51(52)60(58)70-65)56(80)23-22-53(77)67-26-35-82-37-39-84-41-40-83-38-36-81-34-24-54(78)66-25-29-73-32-30-72(31-33-73)27-9-17-55(79)74-28-8-11-47(43-74)76-62-57(61(64)68-44-69-62)59(71-76)45-18-20-49(21-19-45)85-48-12-2-1-3-13-48/h1-7,9-10,12-21,44,47,63H,8,11,22-43,65H2,(H,66,78)(H,67,77)(H2,64,68,69)/b17-9+,63-58?,70-60?/t47-/m1/s1. The van der Waals surface area contributed by atoms with E-state index in [-0.39, 0.29) is 73.4 Å². The Labute approximate surface area is 494 Å². The van der Waals surface area contributed by atoms with E-state index in [1.807, 2.05) is 107 Å². The first-order valence-electron chi connectivity index (χ1n) is 29.0. The summed E-state index contributed by atoms with van der Waals surface area (Å²) in [6, 6.07) is 31.8. The van der Waals surface area contributed by atoms with Crippen LogP contribution in [0.3, 0.4) is 0 Å². The van der Waals surface area contributed by atoms with Gasteiger partial charge in [-0.05, 0) is 60.9 Å². The number of likely N-dealkylation sites (tertiary alicyclic amines) is 1. The number of nitrogens with two attached hydrogens (primary N) is 2. The van der Waals surface area contributed by atoms with Gasteiger partial charge in [-0.1, -0.05) is 66.7 Å². The van der Waals surface area contributed by atoms with Crippen molar-refractivity contribution >= 4 is 57.6 Å². The number of rotatable bonds is 28. The van der Waals surface area contributed by atoms with Gasteiger partial charge in [0, 0.05) is 107 Å². The van der Waals surface area contributed by atoms with Crippen LogP contribution in [0.1, 0.15) is 54.8 Å². The molecule has 7 N–H and O–H groups in total. The van der Waals surface area contributed by atoms with E-state index in [9.17, 15) is 19.2 Å². The molecule has 9 rings (SSSR count). The van der Waals surface area contributed by atoms with Gasteiger partial charge in [0.15, 0.2) is 5.65 Å². The van der Waals surface area contributed by atoms with Crippen LogP contribution in [0, 0.1) is 5.41 Å². The molecule has 0 aliphatic carbocycles. The fourth-order valence-corrected chi connectivity index (χ4v) is 10.5. The van der Waals surface area contributed by atoms with Crippen molar-refractivity contribution in [2.24, 2.45) is 10.9 Å². The molecule has 0 unspecified atom stereocenters. The number of hydrogen-bond acceptors (Lipinski definition) is 18. The highest BCUT2D eigenvalue weighted by molar-refractivity contribution is 6.53. The summed E-state index contributed by atoms with van der Waals surface area (Å²) in [6.45, 7) is 9.98. The second-order valence-corrected chi connectivity index (χ2v) is 20.7. The number of amides is 4. The number of ether oxygens (including phenoxy) is 5. The number of piperidine rings is 1. The second kappa shape index (κ2) is 31.4. The predicted octanol–water partition coefficient (Wildman–Crippen LogP) is 4.95. The first-order chi connectivity index (χ1) is 41.6. The van der Waals surface area contributed by atoms with Crippen LogP contribution < -0.4 is 31.8 Å². The number of hydrogen-bond donors (Lipinski definition) is 5. The molecule has 85 heavy (non-hydrogen) atoms. The van der Waals surface area contributed by atoms with Crippen molar-refractivity contribution in [1.29, 1.82) is 5.41 Å². The molecule has 448 valence electrons. The van der Waals surface area contributed by atoms with Crippen LogP contribution in [0.5, 0.6) is 11.5 Å². The van der Waals surface area contributed by atoms with Crippen LogP contribution in [0.25, 0.3) is 22.3 Å². The van der Waals surface area contributed by atoms with Crippen molar-refractivity contribution < 1.29 is 42.9 Å². The Morgan fingerprint density at radius 2 is 1.34 bits per heavy atom. The molecule has 0 saturated carbocycles. The summed E-state index contributed by atoms with van der Waals surface area (Å²) >= 11 is 0. The van der Waals surface area contributed by atoms with Crippen molar-refractivity contribution in [3.8, 4) is 22.8 Å². The van der Waals surface area contributed by atoms with Gasteiger partial charge >= 0.3 is 0 Å². The number of hydrazone groups is 1. The maximum absolute atomic E-state index is 13.6. The van der Waals surface area contributed by atoms with Gasteiger partial charge in [-0.3, -0.25) is 34.4 Å². The Bertz CT molecular complexity index is 3260. The molecule has 2 saturated heterocycles. The van der Waals surface area contributed by atoms with Crippen molar-refractivity contribution in [1.82, 2.24) is 45.1 Å². The third kappa shape index (κ3) is 17.1. The molecule has 0 spiro atoms. The monoisotopic (exact) mass is 1160 g/mol.